The molecule has 1 aromatic carbocycles. The SMILES string of the molecule is COc1ccc(COc2ccc(NC(=O)OC(C)(C)C)nc2)cc1. The highest BCUT2D eigenvalue weighted by Crippen LogP contribution is 2.17. The zero-order valence-electron chi connectivity index (χ0n) is 14.3. The summed E-state index contributed by atoms with van der Waals surface area (Å²) < 4.78 is 15.9. The number of carbonyl (C=O) groups excluding carboxylic acids is 1. The monoisotopic (exact) mass is 330 g/mol. The van der Waals surface area contributed by atoms with Crippen LogP contribution in [0.4, 0.5) is 10.6 Å². The zero-order valence-corrected chi connectivity index (χ0v) is 14.3. The summed E-state index contributed by atoms with van der Waals surface area (Å²) in [7, 11) is 1.63. The molecular formula is C18H22N2O4. The van der Waals surface area contributed by atoms with E-state index in [1.165, 1.54) is 0 Å². The fourth-order valence-electron chi connectivity index (χ4n) is 1.84. The van der Waals surface area contributed by atoms with Crippen LogP contribution in [0, 0.1) is 0 Å². The lowest BCUT2D eigenvalue weighted by Crippen LogP contribution is -2.27. The van der Waals surface area contributed by atoms with Gasteiger partial charge >= 0.3 is 6.09 Å². The van der Waals surface area contributed by atoms with Crippen LogP contribution in [0.5, 0.6) is 11.5 Å². The summed E-state index contributed by atoms with van der Waals surface area (Å²) in [6, 6.07) is 11.0. The van der Waals surface area contributed by atoms with E-state index in [0.717, 1.165) is 11.3 Å². The summed E-state index contributed by atoms with van der Waals surface area (Å²) in [4.78, 5) is 15.8. The molecule has 2 aromatic rings. The Morgan fingerprint density at radius 3 is 2.29 bits per heavy atom. The van der Waals surface area contributed by atoms with E-state index in [1.54, 1.807) is 46.2 Å². The standard InChI is InChI=1S/C18H22N2O4/c1-18(2,3)24-17(21)20-16-10-9-15(11-19-16)23-12-13-5-7-14(22-4)8-6-13/h5-11H,12H2,1-4H3,(H,19,20,21). The highest BCUT2D eigenvalue weighted by Gasteiger charge is 2.16. The Bertz CT molecular complexity index is 661. The number of hydrogen-bond acceptors (Lipinski definition) is 5. The van der Waals surface area contributed by atoms with Crippen LogP contribution in [0.25, 0.3) is 0 Å². The molecule has 1 N–H and O–H groups in total. The maximum atomic E-state index is 11.7. The van der Waals surface area contributed by atoms with Crippen molar-refractivity contribution in [3.05, 3.63) is 48.2 Å². The molecule has 24 heavy (non-hydrogen) atoms. The molecule has 0 aliphatic carbocycles. The van der Waals surface area contributed by atoms with Gasteiger partial charge in [-0.3, -0.25) is 5.32 Å². The van der Waals surface area contributed by atoms with Crippen LogP contribution >= 0.6 is 0 Å². The minimum Gasteiger partial charge on any atom is -0.497 e. The first kappa shape index (κ1) is 17.6. The minimum atomic E-state index is -0.550. The molecule has 0 fully saturated rings. The lowest BCUT2D eigenvalue weighted by molar-refractivity contribution is 0.0635. The van der Waals surface area contributed by atoms with E-state index >= 15 is 0 Å². The van der Waals surface area contributed by atoms with Gasteiger partial charge in [0.1, 0.15) is 29.5 Å². The van der Waals surface area contributed by atoms with E-state index in [1.807, 2.05) is 24.3 Å². The molecule has 0 radical (unpaired) electrons. The molecule has 6 heteroatoms. The van der Waals surface area contributed by atoms with Crippen molar-refractivity contribution in [2.24, 2.45) is 0 Å². The summed E-state index contributed by atoms with van der Waals surface area (Å²) in [6.07, 6.45) is 1.01. The Balaban J connectivity index is 1.86. The van der Waals surface area contributed by atoms with Crippen LogP contribution in [0.3, 0.4) is 0 Å². The van der Waals surface area contributed by atoms with Crippen LogP contribution in [0.1, 0.15) is 26.3 Å². The van der Waals surface area contributed by atoms with E-state index in [9.17, 15) is 4.79 Å². The first-order chi connectivity index (χ1) is 11.4. The summed E-state index contributed by atoms with van der Waals surface area (Å²) in [5.74, 6) is 1.82. The van der Waals surface area contributed by atoms with Gasteiger partial charge in [-0.25, -0.2) is 9.78 Å². The van der Waals surface area contributed by atoms with Crippen molar-refractivity contribution in [2.45, 2.75) is 33.0 Å². The van der Waals surface area contributed by atoms with Crippen LogP contribution in [0.2, 0.25) is 0 Å². The van der Waals surface area contributed by atoms with Crippen molar-refractivity contribution in [3.63, 3.8) is 0 Å². The molecule has 1 aromatic heterocycles. The number of anilines is 1. The van der Waals surface area contributed by atoms with E-state index in [-0.39, 0.29) is 0 Å². The summed E-state index contributed by atoms with van der Waals surface area (Å²) in [5.41, 5.74) is 0.470. The molecule has 2 rings (SSSR count). The lowest BCUT2D eigenvalue weighted by atomic mass is 10.2. The molecule has 6 nitrogen and oxygen atoms in total. The number of amides is 1. The Morgan fingerprint density at radius 2 is 1.75 bits per heavy atom. The highest BCUT2D eigenvalue weighted by atomic mass is 16.6. The third-order valence-electron chi connectivity index (χ3n) is 2.93. The second-order valence-corrected chi connectivity index (χ2v) is 6.14. The Labute approximate surface area is 141 Å². The summed E-state index contributed by atoms with van der Waals surface area (Å²) in [6.45, 7) is 5.83. The number of nitrogens with zero attached hydrogens (tertiary/aromatic N) is 1. The maximum Gasteiger partial charge on any atom is 0.413 e. The van der Waals surface area contributed by atoms with Gasteiger partial charge in [0.25, 0.3) is 0 Å². The van der Waals surface area contributed by atoms with Crippen molar-refractivity contribution < 1.29 is 19.0 Å². The van der Waals surface area contributed by atoms with Gasteiger partial charge in [-0.1, -0.05) is 12.1 Å². The predicted molar refractivity (Wildman–Crippen MR) is 91.4 cm³/mol. The van der Waals surface area contributed by atoms with E-state index < -0.39 is 11.7 Å². The van der Waals surface area contributed by atoms with Crippen LogP contribution in [-0.4, -0.2) is 23.8 Å². The van der Waals surface area contributed by atoms with E-state index in [2.05, 4.69) is 10.3 Å². The van der Waals surface area contributed by atoms with Gasteiger partial charge < -0.3 is 14.2 Å². The molecule has 0 saturated heterocycles. The van der Waals surface area contributed by atoms with Gasteiger partial charge in [0, 0.05) is 0 Å². The first-order valence-electron chi connectivity index (χ1n) is 7.57. The van der Waals surface area contributed by atoms with Crippen molar-refractivity contribution >= 4 is 11.9 Å². The molecule has 0 atom stereocenters. The fraction of sp³-hybridized carbons (Fsp3) is 0.333. The van der Waals surface area contributed by atoms with Gasteiger partial charge in [-0.2, -0.15) is 0 Å². The van der Waals surface area contributed by atoms with Crippen LogP contribution in [0.15, 0.2) is 42.6 Å². The second-order valence-electron chi connectivity index (χ2n) is 6.14. The van der Waals surface area contributed by atoms with E-state index in [4.69, 9.17) is 14.2 Å². The molecule has 1 amide bonds. The molecular weight excluding hydrogens is 308 g/mol. The Kier molecular flexibility index (Phi) is 5.63. The van der Waals surface area contributed by atoms with Gasteiger partial charge in [0.15, 0.2) is 0 Å². The number of aromatic nitrogens is 1. The van der Waals surface area contributed by atoms with Crippen LogP contribution < -0.4 is 14.8 Å². The summed E-state index contributed by atoms with van der Waals surface area (Å²) in [5, 5.41) is 2.57. The number of methoxy groups -OCH3 is 1. The number of nitrogens with one attached hydrogen (secondary N) is 1. The number of ether oxygens (including phenoxy) is 3. The Hall–Kier alpha value is -2.76. The normalized spacial score (nSPS) is 10.8. The van der Waals surface area contributed by atoms with Crippen molar-refractivity contribution in [1.82, 2.24) is 4.98 Å². The van der Waals surface area contributed by atoms with Crippen molar-refractivity contribution in [2.75, 3.05) is 12.4 Å². The number of rotatable bonds is 5. The largest absolute Gasteiger partial charge is 0.497 e. The molecule has 0 bridgehead atoms. The average Bonchev–Trinajstić information content (AvgIpc) is 2.53. The number of pyridine rings is 1. The molecule has 0 aliphatic rings. The second kappa shape index (κ2) is 7.68. The van der Waals surface area contributed by atoms with Gasteiger partial charge in [0.05, 0.1) is 13.3 Å². The lowest BCUT2D eigenvalue weighted by Gasteiger charge is -2.19. The predicted octanol–water partition coefficient (Wildman–Crippen LogP) is 4.02. The van der Waals surface area contributed by atoms with Crippen LogP contribution in [-0.2, 0) is 11.3 Å². The zero-order chi connectivity index (χ0) is 17.6. The summed E-state index contributed by atoms with van der Waals surface area (Å²) >= 11 is 0. The molecule has 128 valence electrons. The van der Waals surface area contributed by atoms with E-state index in [0.29, 0.717) is 18.2 Å². The molecule has 0 aliphatic heterocycles. The van der Waals surface area contributed by atoms with Gasteiger partial charge in [-0.15, -0.1) is 0 Å². The number of benzene rings is 1. The Morgan fingerprint density at radius 1 is 1.08 bits per heavy atom. The third kappa shape index (κ3) is 5.79. The number of hydrogen-bond donors (Lipinski definition) is 1. The smallest absolute Gasteiger partial charge is 0.413 e. The quantitative estimate of drug-likeness (QED) is 0.897. The van der Waals surface area contributed by atoms with Gasteiger partial charge in [0.2, 0.25) is 0 Å². The average molecular weight is 330 g/mol. The number of carbonyl (C=O) groups is 1. The molecule has 0 unspecified atom stereocenters. The fourth-order valence-corrected chi connectivity index (χ4v) is 1.84. The topological polar surface area (TPSA) is 69.7 Å². The maximum absolute atomic E-state index is 11.7. The highest BCUT2D eigenvalue weighted by molar-refractivity contribution is 5.83. The van der Waals surface area contributed by atoms with Crippen molar-refractivity contribution in [3.8, 4) is 11.5 Å². The van der Waals surface area contributed by atoms with Crippen molar-refractivity contribution in [1.29, 1.82) is 0 Å². The third-order valence-corrected chi connectivity index (χ3v) is 2.93. The molecule has 0 saturated carbocycles. The molecule has 1 heterocycles. The first-order valence-corrected chi connectivity index (χ1v) is 7.57. The minimum absolute atomic E-state index is 0.404. The van der Waals surface area contributed by atoms with Gasteiger partial charge in [-0.05, 0) is 50.6 Å². The molecule has 0 spiro atoms.